The van der Waals surface area contributed by atoms with Crippen molar-refractivity contribution in [3.63, 3.8) is 0 Å². The Morgan fingerprint density at radius 3 is 2.63 bits per heavy atom. The highest BCUT2D eigenvalue weighted by Crippen LogP contribution is 2.33. The molecule has 2 aromatic carbocycles. The summed E-state index contributed by atoms with van der Waals surface area (Å²) in [6, 6.07) is 17.7. The molecule has 0 radical (unpaired) electrons. The Bertz CT molecular complexity index is 776. The number of aryl methyl sites for hydroxylation is 1. The van der Waals surface area contributed by atoms with E-state index >= 15 is 0 Å². The minimum absolute atomic E-state index is 0.0444. The number of anilines is 1. The lowest BCUT2D eigenvalue weighted by Gasteiger charge is -2.33. The lowest BCUT2D eigenvalue weighted by atomic mass is 10.1. The lowest BCUT2D eigenvalue weighted by molar-refractivity contribution is -0.125. The molecule has 5 heteroatoms. The molecule has 0 aliphatic carbocycles. The molecule has 0 unspecified atom stereocenters. The molecule has 27 heavy (non-hydrogen) atoms. The van der Waals surface area contributed by atoms with Crippen LogP contribution < -0.4 is 15.0 Å². The Morgan fingerprint density at radius 2 is 1.81 bits per heavy atom. The van der Waals surface area contributed by atoms with Crippen molar-refractivity contribution >= 4 is 17.5 Å². The maximum absolute atomic E-state index is 12.6. The van der Waals surface area contributed by atoms with Gasteiger partial charge in [0.05, 0.1) is 12.2 Å². The first-order chi connectivity index (χ1) is 13.1. The van der Waals surface area contributed by atoms with E-state index in [1.807, 2.05) is 49.4 Å². The normalized spacial score (nSPS) is 15.6. The molecular formula is C22H26N2O3. The van der Waals surface area contributed by atoms with Crippen molar-refractivity contribution in [2.75, 3.05) is 18.0 Å². The van der Waals surface area contributed by atoms with E-state index in [9.17, 15) is 9.59 Å². The van der Waals surface area contributed by atoms with Crippen LogP contribution in [0.25, 0.3) is 0 Å². The molecule has 1 atom stereocenters. The fourth-order valence-electron chi connectivity index (χ4n) is 3.23. The highest BCUT2D eigenvalue weighted by molar-refractivity contribution is 5.97. The molecule has 0 aromatic heterocycles. The maximum Gasteiger partial charge on any atom is 0.227 e. The molecule has 1 aliphatic heterocycles. The van der Waals surface area contributed by atoms with E-state index in [2.05, 4.69) is 17.4 Å². The van der Waals surface area contributed by atoms with Crippen molar-refractivity contribution < 1.29 is 14.3 Å². The number of hydrogen-bond acceptors (Lipinski definition) is 3. The number of ether oxygens (including phenoxy) is 1. The van der Waals surface area contributed by atoms with Crippen LogP contribution in [0.15, 0.2) is 54.6 Å². The van der Waals surface area contributed by atoms with Crippen molar-refractivity contribution in [1.82, 2.24) is 5.32 Å². The second-order valence-electron chi connectivity index (χ2n) is 6.84. The van der Waals surface area contributed by atoms with Gasteiger partial charge < -0.3 is 15.0 Å². The van der Waals surface area contributed by atoms with E-state index in [1.54, 1.807) is 4.90 Å². The number of fused-ring (bicyclic) bond motifs is 1. The van der Waals surface area contributed by atoms with Crippen LogP contribution in [-0.2, 0) is 16.0 Å². The third-order valence-electron chi connectivity index (χ3n) is 4.60. The van der Waals surface area contributed by atoms with Crippen molar-refractivity contribution in [1.29, 1.82) is 0 Å². The van der Waals surface area contributed by atoms with E-state index in [0.717, 1.165) is 24.3 Å². The summed E-state index contributed by atoms with van der Waals surface area (Å²) in [6.07, 6.45) is 2.17. The van der Waals surface area contributed by atoms with Gasteiger partial charge in [0.25, 0.3) is 0 Å². The number of para-hydroxylation sites is 2. The summed E-state index contributed by atoms with van der Waals surface area (Å²) >= 11 is 0. The number of rotatable bonds is 7. The minimum atomic E-state index is -0.0778. The summed E-state index contributed by atoms with van der Waals surface area (Å²) in [5, 5.41) is 2.90. The molecule has 2 aromatic rings. The molecule has 142 valence electrons. The second-order valence-corrected chi connectivity index (χ2v) is 6.84. The topological polar surface area (TPSA) is 58.6 Å². The van der Waals surface area contributed by atoms with Crippen LogP contribution in [0, 0.1) is 0 Å². The number of nitrogens with zero attached hydrogens (tertiary/aromatic N) is 1. The number of carbonyl (C=O) groups excluding carboxylic acids is 2. The van der Waals surface area contributed by atoms with E-state index in [4.69, 9.17) is 4.74 Å². The third kappa shape index (κ3) is 5.33. The average molecular weight is 366 g/mol. The Balaban J connectivity index is 1.42. The van der Waals surface area contributed by atoms with Gasteiger partial charge in [-0.1, -0.05) is 42.5 Å². The van der Waals surface area contributed by atoms with Crippen LogP contribution in [-0.4, -0.2) is 31.0 Å². The maximum atomic E-state index is 12.6. The van der Waals surface area contributed by atoms with Gasteiger partial charge in [-0.2, -0.15) is 0 Å². The molecule has 0 spiro atoms. The number of hydrogen-bond donors (Lipinski definition) is 1. The zero-order chi connectivity index (χ0) is 19.1. The van der Waals surface area contributed by atoms with E-state index in [0.29, 0.717) is 13.1 Å². The number of benzene rings is 2. The predicted octanol–water partition coefficient (Wildman–Crippen LogP) is 3.33. The van der Waals surface area contributed by atoms with E-state index in [-0.39, 0.29) is 30.8 Å². The van der Waals surface area contributed by atoms with Crippen molar-refractivity contribution in [3.8, 4) is 5.75 Å². The van der Waals surface area contributed by atoms with Crippen LogP contribution in [0.3, 0.4) is 0 Å². The molecule has 0 fully saturated rings. The van der Waals surface area contributed by atoms with Crippen molar-refractivity contribution in [3.05, 3.63) is 60.2 Å². The summed E-state index contributed by atoms with van der Waals surface area (Å²) in [5.74, 6) is 0.595. The molecule has 5 nitrogen and oxygen atoms in total. The van der Waals surface area contributed by atoms with Gasteiger partial charge in [0.2, 0.25) is 11.8 Å². The molecule has 1 N–H and O–H groups in total. The quantitative estimate of drug-likeness (QED) is 0.765. The highest BCUT2D eigenvalue weighted by atomic mass is 16.5. The number of carbonyl (C=O) groups is 2. The first-order valence-electron chi connectivity index (χ1n) is 9.50. The van der Waals surface area contributed by atoms with Crippen LogP contribution >= 0.6 is 0 Å². The van der Waals surface area contributed by atoms with Crippen LogP contribution in [0.5, 0.6) is 5.75 Å². The molecule has 1 heterocycles. The largest absolute Gasteiger partial charge is 0.487 e. The van der Waals surface area contributed by atoms with Gasteiger partial charge in [0, 0.05) is 19.4 Å². The first-order valence-corrected chi connectivity index (χ1v) is 9.50. The predicted molar refractivity (Wildman–Crippen MR) is 106 cm³/mol. The monoisotopic (exact) mass is 366 g/mol. The molecule has 2 amide bonds. The van der Waals surface area contributed by atoms with Crippen LogP contribution in [0.1, 0.15) is 31.7 Å². The van der Waals surface area contributed by atoms with E-state index < -0.39 is 0 Å². The van der Waals surface area contributed by atoms with Gasteiger partial charge in [-0.05, 0) is 37.5 Å². The summed E-state index contributed by atoms with van der Waals surface area (Å²) in [6.45, 7) is 3.07. The first kappa shape index (κ1) is 19.0. The van der Waals surface area contributed by atoms with Crippen molar-refractivity contribution in [2.45, 2.75) is 38.7 Å². The molecule has 0 saturated carbocycles. The molecule has 1 aliphatic rings. The summed E-state index contributed by atoms with van der Waals surface area (Å²) in [7, 11) is 0. The van der Waals surface area contributed by atoms with Crippen LogP contribution in [0.4, 0.5) is 5.69 Å². The van der Waals surface area contributed by atoms with Gasteiger partial charge in [0.15, 0.2) is 0 Å². The summed E-state index contributed by atoms with van der Waals surface area (Å²) in [5.41, 5.74) is 2.05. The van der Waals surface area contributed by atoms with Gasteiger partial charge in [-0.25, -0.2) is 0 Å². The van der Waals surface area contributed by atoms with Crippen molar-refractivity contribution in [2.24, 2.45) is 0 Å². The number of amides is 2. The smallest absolute Gasteiger partial charge is 0.227 e. The third-order valence-corrected chi connectivity index (χ3v) is 4.60. The summed E-state index contributed by atoms with van der Waals surface area (Å²) < 4.78 is 5.77. The average Bonchev–Trinajstić information content (AvgIpc) is 2.69. The Hall–Kier alpha value is -2.82. The summed E-state index contributed by atoms with van der Waals surface area (Å²) in [4.78, 5) is 26.4. The zero-order valence-electron chi connectivity index (χ0n) is 15.7. The zero-order valence-corrected chi connectivity index (χ0v) is 15.7. The Morgan fingerprint density at radius 1 is 1.07 bits per heavy atom. The Labute approximate surface area is 160 Å². The molecule has 0 bridgehead atoms. The van der Waals surface area contributed by atoms with Crippen LogP contribution in [0.2, 0.25) is 0 Å². The second kappa shape index (κ2) is 9.21. The van der Waals surface area contributed by atoms with Gasteiger partial charge >= 0.3 is 0 Å². The van der Waals surface area contributed by atoms with E-state index in [1.165, 1.54) is 5.56 Å². The lowest BCUT2D eigenvalue weighted by Crippen LogP contribution is -2.42. The molecular weight excluding hydrogens is 340 g/mol. The van der Waals surface area contributed by atoms with Gasteiger partial charge in [-0.3, -0.25) is 9.59 Å². The standard InChI is InChI=1S/C22H26N2O3/c1-17-16-24(19-11-5-6-12-20(19)27-17)22(26)14-13-21(25)23-15-7-10-18-8-3-2-4-9-18/h2-6,8-9,11-12,17H,7,10,13-16H2,1H3,(H,23,25)/t17-/m1/s1. The fraction of sp³-hybridized carbons (Fsp3) is 0.364. The highest BCUT2D eigenvalue weighted by Gasteiger charge is 2.27. The SMILES string of the molecule is C[C@@H]1CN(C(=O)CCC(=O)NCCCc2ccccc2)c2ccccc2O1. The van der Waals surface area contributed by atoms with Gasteiger partial charge in [0.1, 0.15) is 11.9 Å². The fourth-order valence-corrected chi connectivity index (χ4v) is 3.23. The molecule has 0 saturated heterocycles. The minimum Gasteiger partial charge on any atom is -0.487 e. The molecule has 3 rings (SSSR count). The number of nitrogens with one attached hydrogen (secondary N) is 1. The Kier molecular flexibility index (Phi) is 6.47. The van der Waals surface area contributed by atoms with Gasteiger partial charge in [-0.15, -0.1) is 0 Å².